The number of aliphatic imine (C=N–C) groups is 1. The fraction of sp³-hybridized carbons (Fsp3) is 0.500. The highest BCUT2D eigenvalue weighted by molar-refractivity contribution is 8.13. The second-order valence-electron chi connectivity index (χ2n) is 1.25. The maximum absolute atomic E-state index is 9.85. The summed E-state index contributed by atoms with van der Waals surface area (Å²) in [7, 11) is 0. The maximum Gasteiger partial charge on any atom is 0.325 e. The highest BCUT2D eigenvalue weighted by Crippen LogP contribution is 1.89. The van der Waals surface area contributed by atoms with Crippen LogP contribution in [0.5, 0.6) is 0 Å². The van der Waals surface area contributed by atoms with Gasteiger partial charge in [0.1, 0.15) is 6.54 Å². The van der Waals surface area contributed by atoms with Crippen LogP contribution in [0.25, 0.3) is 0 Å². The largest absolute Gasteiger partial charge is 0.480 e. The standard InChI is InChI=1S/C4H8N2O2S/c1-9-4(5)6-2-3(7)8/h2H2,1H3,(H2,5,6)(H,7,8). The molecule has 4 nitrogen and oxygen atoms in total. The van der Waals surface area contributed by atoms with Gasteiger partial charge in [-0.3, -0.25) is 9.79 Å². The zero-order valence-corrected chi connectivity index (χ0v) is 5.81. The van der Waals surface area contributed by atoms with Gasteiger partial charge in [0.05, 0.1) is 0 Å². The van der Waals surface area contributed by atoms with Crippen molar-refractivity contribution in [3.63, 3.8) is 0 Å². The number of hydrogen-bond acceptors (Lipinski definition) is 3. The number of hydrogen-bond donors (Lipinski definition) is 2. The van der Waals surface area contributed by atoms with Gasteiger partial charge in [-0.2, -0.15) is 0 Å². The summed E-state index contributed by atoms with van der Waals surface area (Å²) >= 11 is 1.23. The molecule has 0 atom stereocenters. The van der Waals surface area contributed by atoms with E-state index < -0.39 is 5.97 Å². The Morgan fingerprint density at radius 1 is 1.89 bits per heavy atom. The molecule has 3 N–H and O–H groups in total. The first-order valence-electron chi connectivity index (χ1n) is 2.22. The molecule has 52 valence electrons. The van der Waals surface area contributed by atoms with Crippen LogP contribution in [-0.4, -0.2) is 29.0 Å². The Morgan fingerprint density at radius 2 is 2.44 bits per heavy atom. The van der Waals surface area contributed by atoms with E-state index in [1.54, 1.807) is 6.26 Å². The lowest BCUT2D eigenvalue weighted by Crippen LogP contribution is -2.09. The highest BCUT2D eigenvalue weighted by Gasteiger charge is 1.92. The van der Waals surface area contributed by atoms with Crippen LogP contribution in [0.15, 0.2) is 4.99 Å². The topological polar surface area (TPSA) is 75.7 Å². The van der Waals surface area contributed by atoms with Gasteiger partial charge < -0.3 is 10.8 Å². The van der Waals surface area contributed by atoms with Crippen molar-refractivity contribution in [2.24, 2.45) is 10.7 Å². The average molecular weight is 148 g/mol. The minimum Gasteiger partial charge on any atom is -0.480 e. The molecule has 0 fully saturated rings. The molecule has 0 aromatic rings. The van der Waals surface area contributed by atoms with Crippen molar-refractivity contribution in [2.75, 3.05) is 12.8 Å². The lowest BCUT2D eigenvalue weighted by atomic mass is 10.7. The predicted molar refractivity (Wildman–Crippen MR) is 37.6 cm³/mol. The number of rotatable bonds is 2. The molecule has 0 aromatic carbocycles. The smallest absolute Gasteiger partial charge is 0.325 e. The molecule has 5 heteroatoms. The van der Waals surface area contributed by atoms with Crippen LogP contribution in [0.2, 0.25) is 0 Å². The number of aliphatic carboxylic acids is 1. The molecular formula is C4H8N2O2S. The van der Waals surface area contributed by atoms with Crippen molar-refractivity contribution in [2.45, 2.75) is 0 Å². The molecule has 0 aliphatic rings. The Bertz CT molecular complexity index is 135. The van der Waals surface area contributed by atoms with Crippen molar-refractivity contribution in [1.29, 1.82) is 0 Å². The Kier molecular flexibility index (Phi) is 3.87. The highest BCUT2D eigenvalue weighted by atomic mass is 32.2. The summed E-state index contributed by atoms with van der Waals surface area (Å²) in [6, 6.07) is 0. The molecular weight excluding hydrogens is 140 g/mol. The van der Waals surface area contributed by atoms with Gasteiger partial charge in [0.15, 0.2) is 5.17 Å². The van der Waals surface area contributed by atoms with Crippen molar-refractivity contribution >= 4 is 22.9 Å². The number of amidine groups is 1. The van der Waals surface area contributed by atoms with E-state index in [9.17, 15) is 4.79 Å². The first-order valence-corrected chi connectivity index (χ1v) is 3.45. The summed E-state index contributed by atoms with van der Waals surface area (Å²) in [6.07, 6.45) is 1.74. The van der Waals surface area contributed by atoms with Crippen LogP contribution in [0.4, 0.5) is 0 Å². The normalized spacial score (nSPS) is 11.4. The molecule has 0 heterocycles. The van der Waals surface area contributed by atoms with E-state index in [0.29, 0.717) is 5.17 Å². The zero-order chi connectivity index (χ0) is 7.28. The second kappa shape index (κ2) is 4.20. The van der Waals surface area contributed by atoms with E-state index in [-0.39, 0.29) is 6.54 Å². The Hall–Kier alpha value is -0.710. The van der Waals surface area contributed by atoms with Crippen LogP contribution >= 0.6 is 11.8 Å². The van der Waals surface area contributed by atoms with Crippen LogP contribution in [0, 0.1) is 0 Å². The molecule has 0 saturated heterocycles. The monoisotopic (exact) mass is 148 g/mol. The summed E-state index contributed by atoms with van der Waals surface area (Å²) in [5.74, 6) is -0.966. The lowest BCUT2D eigenvalue weighted by Gasteiger charge is -1.90. The first-order chi connectivity index (χ1) is 4.16. The third kappa shape index (κ3) is 5.16. The van der Waals surface area contributed by atoms with Gasteiger partial charge in [0.25, 0.3) is 0 Å². The number of thioether (sulfide) groups is 1. The number of carbonyl (C=O) groups is 1. The van der Waals surface area contributed by atoms with Crippen molar-refractivity contribution in [3.8, 4) is 0 Å². The first kappa shape index (κ1) is 8.29. The molecule has 0 aliphatic heterocycles. The molecule has 0 bridgehead atoms. The quantitative estimate of drug-likeness (QED) is 0.418. The minimum atomic E-state index is -0.966. The van der Waals surface area contributed by atoms with E-state index in [0.717, 1.165) is 0 Å². The number of carboxylic acid groups (broad SMARTS) is 1. The molecule has 0 aliphatic carbocycles. The number of nitrogens with zero attached hydrogens (tertiary/aromatic N) is 1. The van der Waals surface area contributed by atoms with Gasteiger partial charge in [0.2, 0.25) is 0 Å². The second-order valence-corrected chi connectivity index (χ2v) is 2.08. The molecule has 0 rings (SSSR count). The molecule has 0 saturated carbocycles. The molecule has 0 radical (unpaired) electrons. The maximum atomic E-state index is 9.85. The van der Waals surface area contributed by atoms with Crippen LogP contribution in [-0.2, 0) is 4.79 Å². The summed E-state index contributed by atoms with van der Waals surface area (Å²) in [4.78, 5) is 13.3. The third-order valence-electron chi connectivity index (χ3n) is 0.579. The Labute approximate surface area is 57.1 Å². The van der Waals surface area contributed by atoms with Crippen LogP contribution < -0.4 is 5.73 Å². The van der Waals surface area contributed by atoms with Gasteiger partial charge in [0, 0.05) is 0 Å². The van der Waals surface area contributed by atoms with Crippen LogP contribution in [0.1, 0.15) is 0 Å². The molecule has 9 heavy (non-hydrogen) atoms. The van der Waals surface area contributed by atoms with Crippen LogP contribution in [0.3, 0.4) is 0 Å². The van der Waals surface area contributed by atoms with E-state index in [1.807, 2.05) is 0 Å². The minimum absolute atomic E-state index is 0.243. The summed E-state index contributed by atoms with van der Waals surface area (Å²) in [6.45, 7) is -0.243. The van der Waals surface area contributed by atoms with Gasteiger partial charge in [-0.15, -0.1) is 0 Å². The van der Waals surface area contributed by atoms with Gasteiger partial charge in [-0.25, -0.2) is 0 Å². The van der Waals surface area contributed by atoms with Crippen molar-refractivity contribution in [3.05, 3.63) is 0 Å². The van der Waals surface area contributed by atoms with E-state index in [1.165, 1.54) is 11.8 Å². The Balaban J connectivity index is 3.56. The molecule has 0 aromatic heterocycles. The van der Waals surface area contributed by atoms with Gasteiger partial charge in [-0.05, 0) is 6.26 Å². The lowest BCUT2D eigenvalue weighted by molar-refractivity contribution is -0.135. The van der Waals surface area contributed by atoms with Gasteiger partial charge in [-0.1, -0.05) is 11.8 Å². The van der Waals surface area contributed by atoms with Crippen molar-refractivity contribution < 1.29 is 9.90 Å². The predicted octanol–water partition coefficient (Wildman–Crippen LogP) is -0.251. The Morgan fingerprint density at radius 3 is 2.78 bits per heavy atom. The fourth-order valence-electron chi connectivity index (χ4n) is 0.210. The third-order valence-corrected chi connectivity index (χ3v) is 1.13. The van der Waals surface area contributed by atoms with E-state index in [2.05, 4.69) is 4.99 Å². The molecule has 0 spiro atoms. The molecule has 0 unspecified atom stereocenters. The number of carboxylic acids is 1. The molecule has 0 amide bonds. The summed E-state index contributed by atoms with van der Waals surface area (Å²) < 4.78 is 0. The summed E-state index contributed by atoms with van der Waals surface area (Å²) in [5.41, 5.74) is 5.17. The van der Waals surface area contributed by atoms with Crippen molar-refractivity contribution in [1.82, 2.24) is 0 Å². The van der Waals surface area contributed by atoms with E-state index in [4.69, 9.17) is 10.8 Å². The SMILES string of the molecule is CSC(N)=NCC(=O)O. The fourth-order valence-corrected chi connectivity index (χ4v) is 0.404. The summed E-state index contributed by atoms with van der Waals surface area (Å²) in [5, 5.41) is 8.39. The van der Waals surface area contributed by atoms with Gasteiger partial charge >= 0.3 is 5.97 Å². The zero-order valence-electron chi connectivity index (χ0n) is 5.00. The van der Waals surface area contributed by atoms with E-state index >= 15 is 0 Å². The average Bonchev–Trinajstić information content (AvgIpc) is 1.83. The number of nitrogens with two attached hydrogens (primary N) is 1.